The van der Waals surface area contributed by atoms with E-state index in [4.69, 9.17) is 9.47 Å². The van der Waals surface area contributed by atoms with E-state index in [9.17, 15) is 9.59 Å². The molecule has 22 heavy (non-hydrogen) atoms. The van der Waals surface area contributed by atoms with Crippen molar-refractivity contribution in [3.8, 4) is 0 Å². The van der Waals surface area contributed by atoms with Crippen LogP contribution in [0.25, 0.3) is 0 Å². The zero-order valence-corrected chi connectivity index (χ0v) is 14.4. The third-order valence-corrected chi connectivity index (χ3v) is 3.46. The predicted molar refractivity (Wildman–Crippen MR) is 83.8 cm³/mol. The van der Waals surface area contributed by atoms with Crippen LogP contribution in [0.4, 0.5) is 4.79 Å². The summed E-state index contributed by atoms with van der Waals surface area (Å²) < 4.78 is 11.6. The van der Waals surface area contributed by atoms with Gasteiger partial charge in [-0.05, 0) is 48.8 Å². The Hall–Kier alpha value is -1.47. The fourth-order valence-electron chi connectivity index (χ4n) is 1.99. The molecular formula is C15H19BrN2O4. The molecule has 0 bridgehead atoms. The second-order valence-electron chi connectivity index (χ2n) is 6.01. The molecule has 1 aliphatic rings. The predicted octanol–water partition coefficient (Wildman–Crippen LogP) is 2.66. The lowest BCUT2D eigenvalue weighted by molar-refractivity contribution is -0.0322. The van der Waals surface area contributed by atoms with E-state index >= 15 is 0 Å². The van der Waals surface area contributed by atoms with Gasteiger partial charge in [-0.15, -0.1) is 0 Å². The molecule has 0 aromatic carbocycles. The number of morpholine rings is 1. The monoisotopic (exact) mass is 370 g/mol. The minimum Gasteiger partial charge on any atom is -0.444 e. The molecule has 2 rings (SSSR count). The van der Waals surface area contributed by atoms with Gasteiger partial charge in [0, 0.05) is 17.2 Å². The van der Waals surface area contributed by atoms with Gasteiger partial charge in [-0.2, -0.15) is 0 Å². The Morgan fingerprint density at radius 3 is 2.73 bits per heavy atom. The fourth-order valence-corrected chi connectivity index (χ4v) is 2.22. The van der Waals surface area contributed by atoms with Crippen LogP contribution in [0.1, 0.15) is 31.3 Å². The maximum Gasteiger partial charge on any atom is 0.410 e. The number of nitrogens with zero attached hydrogens (tertiary/aromatic N) is 2. The van der Waals surface area contributed by atoms with Gasteiger partial charge < -0.3 is 14.4 Å². The van der Waals surface area contributed by atoms with Crippen LogP contribution < -0.4 is 0 Å². The number of Topliss-reactive ketones (excluding diaryl/α,β-unsaturated/α-hetero) is 1. The number of carbonyl (C=O) groups is 2. The summed E-state index contributed by atoms with van der Waals surface area (Å²) in [5, 5.41) is 0. The topological polar surface area (TPSA) is 68.7 Å². The van der Waals surface area contributed by atoms with E-state index in [1.807, 2.05) is 0 Å². The number of hydrogen-bond acceptors (Lipinski definition) is 5. The number of ketones is 1. The van der Waals surface area contributed by atoms with Crippen molar-refractivity contribution in [3.05, 3.63) is 28.5 Å². The van der Waals surface area contributed by atoms with Crippen molar-refractivity contribution in [2.75, 3.05) is 19.7 Å². The summed E-state index contributed by atoms with van der Waals surface area (Å²) in [6.45, 7) is 6.29. The van der Waals surface area contributed by atoms with E-state index in [0.29, 0.717) is 18.8 Å². The summed E-state index contributed by atoms with van der Waals surface area (Å²) in [6.07, 6.45) is 0.411. The minimum atomic E-state index is -0.713. The summed E-state index contributed by atoms with van der Waals surface area (Å²) in [4.78, 5) is 30.0. The summed E-state index contributed by atoms with van der Waals surface area (Å²) in [7, 11) is 0. The molecule has 1 aromatic rings. The van der Waals surface area contributed by atoms with Crippen LogP contribution in [0.5, 0.6) is 0 Å². The standard InChI is InChI=1S/C15H19BrN2O4/c1-15(2,3)22-14(20)18-6-7-21-12(9-18)13(19)11-5-4-10(16)8-17-11/h4-5,8,12H,6-7,9H2,1-3H3. The van der Waals surface area contributed by atoms with E-state index in [1.165, 1.54) is 4.90 Å². The van der Waals surface area contributed by atoms with Gasteiger partial charge >= 0.3 is 6.09 Å². The molecule has 1 amide bonds. The number of amides is 1. The molecule has 2 heterocycles. The van der Waals surface area contributed by atoms with E-state index in [1.54, 1.807) is 39.1 Å². The maximum atomic E-state index is 12.4. The number of pyridine rings is 1. The van der Waals surface area contributed by atoms with Crippen LogP contribution in [0.2, 0.25) is 0 Å². The van der Waals surface area contributed by atoms with Crippen molar-refractivity contribution >= 4 is 27.8 Å². The van der Waals surface area contributed by atoms with Crippen molar-refractivity contribution < 1.29 is 19.1 Å². The van der Waals surface area contributed by atoms with Crippen molar-refractivity contribution in [1.29, 1.82) is 0 Å². The van der Waals surface area contributed by atoms with Gasteiger partial charge in [-0.3, -0.25) is 9.78 Å². The largest absolute Gasteiger partial charge is 0.444 e. The molecule has 0 spiro atoms. The van der Waals surface area contributed by atoms with E-state index < -0.39 is 17.8 Å². The molecule has 1 unspecified atom stereocenters. The Morgan fingerprint density at radius 1 is 1.41 bits per heavy atom. The highest BCUT2D eigenvalue weighted by atomic mass is 79.9. The molecule has 120 valence electrons. The Labute approximate surface area is 137 Å². The average Bonchev–Trinajstić information content (AvgIpc) is 2.46. The highest BCUT2D eigenvalue weighted by molar-refractivity contribution is 9.10. The van der Waals surface area contributed by atoms with Crippen LogP contribution in [0, 0.1) is 0 Å². The van der Waals surface area contributed by atoms with Crippen LogP contribution in [-0.4, -0.2) is 53.2 Å². The second kappa shape index (κ2) is 6.75. The van der Waals surface area contributed by atoms with Crippen LogP contribution in [0.3, 0.4) is 0 Å². The van der Waals surface area contributed by atoms with E-state index in [0.717, 1.165) is 4.47 Å². The first-order valence-electron chi connectivity index (χ1n) is 7.01. The first-order chi connectivity index (χ1) is 10.3. The molecule has 1 fully saturated rings. The normalized spacial score (nSPS) is 18.9. The van der Waals surface area contributed by atoms with Gasteiger partial charge in [0.25, 0.3) is 0 Å². The first-order valence-corrected chi connectivity index (χ1v) is 7.81. The van der Waals surface area contributed by atoms with E-state index in [-0.39, 0.29) is 12.3 Å². The highest BCUT2D eigenvalue weighted by Gasteiger charge is 2.32. The molecular weight excluding hydrogens is 352 g/mol. The van der Waals surface area contributed by atoms with Gasteiger partial charge in [0.15, 0.2) is 0 Å². The molecule has 6 nitrogen and oxygen atoms in total. The second-order valence-corrected chi connectivity index (χ2v) is 6.93. The summed E-state index contributed by atoms with van der Waals surface area (Å²) in [5.74, 6) is -0.235. The number of rotatable bonds is 2. The van der Waals surface area contributed by atoms with Crippen LogP contribution in [0.15, 0.2) is 22.8 Å². The summed E-state index contributed by atoms with van der Waals surface area (Å²) in [6, 6.07) is 3.37. The summed E-state index contributed by atoms with van der Waals surface area (Å²) in [5.41, 5.74) is -0.249. The Balaban J connectivity index is 2.02. The molecule has 0 N–H and O–H groups in total. The third kappa shape index (κ3) is 4.51. The van der Waals surface area contributed by atoms with Gasteiger partial charge in [0.1, 0.15) is 17.4 Å². The SMILES string of the molecule is CC(C)(C)OC(=O)N1CCOC(C(=O)c2ccc(Br)cn2)C1. The van der Waals surface area contributed by atoms with Gasteiger partial charge in [-0.1, -0.05) is 0 Å². The van der Waals surface area contributed by atoms with Gasteiger partial charge in [-0.25, -0.2) is 4.79 Å². The highest BCUT2D eigenvalue weighted by Crippen LogP contribution is 2.16. The Bertz CT molecular complexity index is 554. The molecule has 1 aliphatic heterocycles. The van der Waals surface area contributed by atoms with Gasteiger partial charge in [0.2, 0.25) is 5.78 Å². The lowest BCUT2D eigenvalue weighted by Crippen LogP contribution is -2.50. The Kier molecular flexibility index (Phi) is 5.18. The zero-order valence-electron chi connectivity index (χ0n) is 12.8. The average molecular weight is 371 g/mol. The molecule has 1 atom stereocenters. The van der Waals surface area contributed by atoms with Crippen molar-refractivity contribution in [1.82, 2.24) is 9.88 Å². The molecule has 1 aromatic heterocycles. The van der Waals surface area contributed by atoms with E-state index in [2.05, 4.69) is 20.9 Å². The van der Waals surface area contributed by atoms with Crippen molar-refractivity contribution in [2.45, 2.75) is 32.5 Å². The third-order valence-electron chi connectivity index (χ3n) is 2.99. The quantitative estimate of drug-likeness (QED) is 0.748. The smallest absolute Gasteiger partial charge is 0.410 e. The zero-order chi connectivity index (χ0) is 16.3. The molecule has 0 radical (unpaired) electrons. The number of halogens is 1. The lowest BCUT2D eigenvalue weighted by atomic mass is 10.1. The van der Waals surface area contributed by atoms with Crippen molar-refractivity contribution in [2.24, 2.45) is 0 Å². The molecule has 7 heteroatoms. The molecule has 0 saturated carbocycles. The summed E-state index contributed by atoms with van der Waals surface area (Å²) >= 11 is 3.27. The van der Waals surface area contributed by atoms with Crippen LogP contribution in [-0.2, 0) is 9.47 Å². The fraction of sp³-hybridized carbons (Fsp3) is 0.533. The van der Waals surface area contributed by atoms with Crippen LogP contribution >= 0.6 is 15.9 Å². The van der Waals surface area contributed by atoms with Gasteiger partial charge in [0.05, 0.1) is 13.2 Å². The number of hydrogen-bond donors (Lipinski definition) is 0. The Morgan fingerprint density at radius 2 is 2.14 bits per heavy atom. The lowest BCUT2D eigenvalue weighted by Gasteiger charge is -2.33. The number of aromatic nitrogens is 1. The molecule has 1 saturated heterocycles. The van der Waals surface area contributed by atoms with Crippen molar-refractivity contribution in [3.63, 3.8) is 0 Å². The first kappa shape index (κ1) is 16.9. The maximum absolute atomic E-state index is 12.4. The number of ether oxygens (including phenoxy) is 2. The molecule has 0 aliphatic carbocycles. The number of carbonyl (C=O) groups excluding carboxylic acids is 2. The minimum absolute atomic E-state index is 0.172.